The lowest BCUT2D eigenvalue weighted by Crippen LogP contribution is -2.33. The molecule has 2 heterocycles. The van der Waals surface area contributed by atoms with Gasteiger partial charge in [-0.15, -0.1) is 0 Å². The van der Waals surface area contributed by atoms with Crippen LogP contribution in [-0.2, 0) is 29.2 Å². The number of nitrogens with zero attached hydrogens (tertiary/aromatic N) is 2. The first-order valence-electron chi connectivity index (χ1n) is 12.0. The second kappa shape index (κ2) is 9.24. The van der Waals surface area contributed by atoms with E-state index in [-0.39, 0.29) is 41.1 Å². The molecule has 0 spiro atoms. The molecule has 2 aliphatic rings. The molecule has 2 fully saturated rings. The fourth-order valence-electron chi connectivity index (χ4n) is 5.55. The number of piperidine rings is 1. The van der Waals surface area contributed by atoms with E-state index < -0.39 is 11.7 Å². The van der Waals surface area contributed by atoms with Crippen LogP contribution in [0.5, 0.6) is 0 Å². The zero-order valence-corrected chi connectivity index (χ0v) is 22.0. The van der Waals surface area contributed by atoms with Crippen LogP contribution in [0.1, 0.15) is 39.7 Å². The number of carbonyl (C=O) groups excluding carboxylic acids is 2. The van der Waals surface area contributed by atoms with Crippen molar-refractivity contribution >= 4 is 46.0 Å². The average Bonchev–Trinajstić information content (AvgIpc) is 3.15. The Bertz CT molecular complexity index is 1420. The summed E-state index contributed by atoms with van der Waals surface area (Å²) in [5, 5.41) is 1.29. The molecule has 2 aromatic carbocycles. The van der Waals surface area contributed by atoms with Gasteiger partial charge in [0.05, 0.1) is 28.7 Å². The van der Waals surface area contributed by atoms with Crippen molar-refractivity contribution in [1.29, 1.82) is 0 Å². The molecule has 1 aliphatic heterocycles. The van der Waals surface area contributed by atoms with Gasteiger partial charge in [0.1, 0.15) is 0 Å². The van der Waals surface area contributed by atoms with Gasteiger partial charge in [0.25, 0.3) is 5.91 Å². The maximum atomic E-state index is 13.4. The third kappa shape index (κ3) is 4.48. The molecule has 1 saturated heterocycles. The minimum Gasteiger partial charge on any atom is -0.466 e. The first-order valence-corrected chi connectivity index (χ1v) is 12.8. The monoisotopic (exact) mass is 552 g/mol. The molecule has 0 N–H and O–H groups in total. The largest absolute Gasteiger partial charge is 0.466 e. The van der Waals surface area contributed by atoms with E-state index in [4.69, 9.17) is 27.9 Å². The number of likely N-dealkylation sites (tertiary alicyclic amines) is 1. The van der Waals surface area contributed by atoms with Crippen molar-refractivity contribution in [1.82, 2.24) is 9.47 Å². The number of alkyl halides is 3. The highest BCUT2D eigenvalue weighted by Gasteiger charge is 2.61. The van der Waals surface area contributed by atoms with Crippen molar-refractivity contribution in [2.45, 2.75) is 26.4 Å². The predicted octanol–water partition coefficient (Wildman–Crippen LogP) is 6.28. The number of benzene rings is 2. The molecule has 196 valence electrons. The highest BCUT2D eigenvalue weighted by molar-refractivity contribution is 6.38. The first kappa shape index (κ1) is 25.9. The molecule has 0 radical (unpaired) electrons. The summed E-state index contributed by atoms with van der Waals surface area (Å²) in [7, 11) is 1.70. The number of hydrogen-bond acceptors (Lipinski definition) is 3. The van der Waals surface area contributed by atoms with E-state index in [0.717, 1.165) is 12.1 Å². The van der Waals surface area contributed by atoms with Crippen LogP contribution in [0.3, 0.4) is 0 Å². The van der Waals surface area contributed by atoms with Crippen molar-refractivity contribution in [3.63, 3.8) is 0 Å². The molecule has 1 amide bonds. The third-order valence-electron chi connectivity index (χ3n) is 7.61. The Morgan fingerprint density at radius 1 is 1.11 bits per heavy atom. The molecule has 1 aliphatic carbocycles. The maximum Gasteiger partial charge on any atom is 0.416 e. The Morgan fingerprint density at radius 2 is 1.78 bits per heavy atom. The predicted molar refractivity (Wildman–Crippen MR) is 135 cm³/mol. The number of aromatic nitrogens is 1. The smallest absolute Gasteiger partial charge is 0.416 e. The molecule has 3 aromatic rings. The molecule has 5 rings (SSSR count). The van der Waals surface area contributed by atoms with Gasteiger partial charge in [0.15, 0.2) is 0 Å². The van der Waals surface area contributed by atoms with Crippen LogP contribution < -0.4 is 0 Å². The van der Waals surface area contributed by atoms with E-state index in [1.54, 1.807) is 42.5 Å². The lowest BCUT2D eigenvalue weighted by Gasteiger charge is -2.21. The van der Waals surface area contributed by atoms with Crippen molar-refractivity contribution in [2.75, 3.05) is 19.7 Å². The van der Waals surface area contributed by atoms with Crippen LogP contribution >= 0.6 is 23.2 Å². The highest BCUT2D eigenvalue weighted by atomic mass is 35.5. The number of ether oxygens (including phenoxy) is 1. The lowest BCUT2D eigenvalue weighted by molar-refractivity contribution is -0.145. The minimum absolute atomic E-state index is 0.106. The molecule has 5 nitrogen and oxygen atoms in total. The summed E-state index contributed by atoms with van der Waals surface area (Å²) in [6.07, 6.45) is -4.21. The quantitative estimate of drug-likeness (QED) is 0.350. The van der Waals surface area contributed by atoms with E-state index in [2.05, 4.69) is 0 Å². The van der Waals surface area contributed by atoms with Gasteiger partial charge in [-0.1, -0.05) is 23.2 Å². The summed E-state index contributed by atoms with van der Waals surface area (Å²) in [5.41, 5.74) is 1.82. The number of amides is 1. The van der Waals surface area contributed by atoms with Gasteiger partial charge in [-0.2, -0.15) is 13.2 Å². The van der Waals surface area contributed by atoms with Crippen molar-refractivity contribution in [3.8, 4) is 0 Å². The summed E-state index contributed by atoms with van der Waals surface area (Å²) >= 11 is 13.2. The van der Waals surface area contributed by atoms with Crippen molar-refractivity contribution < 1.29 is 27.5 Å². The second-order valence-electron chi connectivity index (χ2n) is 9.80. The summed E-state index contributed by atoms with van der Waals surface area (Å²) in [6.45, 7) is 4.68. The summed E-state index contributed by atoms with van der Waals surface area (Å²) < 4.78 is 46.9. The Hall–Kier alpha value is -2.71. The van der Waals surface area contributed by atoms with Crippen molar-refractivity contribution in [2.24, 2.45) is 24.8 Å². The number of halogens is 5. The SMILES string of the molecule is CCOC(=O)C1C2CN(C(=O)c3ccc(Cl)c(Cc4cc5c(C)cc(C(F)(F)F)cc5n4C)c3Cl)C[C@H]21. The summed E-state index contributed by atoms with van der Waals surface area (Å²) in [4.78, 5) is 27.0. The van der Waals surface area contributed by atoms with E-state index in [9.17, 15) is 22.8 Å². The zero-order chi connectivity index (χ0) is 26.8. The highest BCUT2D eigenvalue weighted by Crippen LogP contribution is 2.52. The Labute approximate surface area is 222 Å². The van der Waals surface area contributed by atoms with E-state index in [1.807, 2.05) is 6.07 Å². The Balaban J connectivity index is 1.40. The van der Waals surface area contributed by atoms with Gasteiger partial charge in [-0.25, -0.2) is 0 Å². The van der Waals surface area contributed by atoms with Crippen LogP contribution in [0, 0.1) is 24.7 Å². The fraction of sp³-hybridized carbons (Fsp3) is 0.407. The molecule has 2 unspecified atom stereocenters. The molecular formula is C27H25Cl2F3N2O3. The second-order valence-corrected chi connectivity index (χ2v) is 10.6. The number of fused-ring (bicyclic) bond motifs is 2. The van der Waals surface area contributed by atoms with Gasteiger partial charge in [-0.05, 0) is 67.1 Å². The molecule has 0 bridgehead atoms. The van der Waals surface area contributed by atoms with Crippen LogP contribution in [0.25, 0.3) is 10.9 Å². The van der Waals surface area contributed by atoms with Crippen LogP contribution in [0.4, 0.5) is 13.2 Å². The molecule has 3 atom stereocenters. The standard InChI is InChI=1S/C27H25Cl2F3N2O3/c1-4-37-26(36)23-19-11-34(12-20(19)23)25(35)16-5-6-21(28)18(24(16)29)10-15-9-17-13(2)7-14(27(30,31)32)8-22(17)33(15)3/h5-9,19-20,23H,4,10-12H2,1-3H3/t19-,20?,23?/m1/s1. The van der Waals surface area contributed by atoms with E-state index in [0.29, 0.717) is 58.0 Å². The maximum absolute atomic E-state index is 13.4. The summed E-state index contributed by atoms with van der Waals surface area (Å²) in [5.74, 6) is -0.374. The number of hydrogen-bond donors (Lipinski definition) is 0. The molecule has 10 heteroatoms. The van der Waals surface area contributed by atoms with E-state index >= 15 is 0 Å². The minimum atomic E-state index is -4.45. The molecule has 1 saturated carbocycles. The van der Waals surface area contributed by atoms with Gasteiger partial charge in [0.2, 0.25) is 0 Å². The summed E-state index contributed by atoms with van der Waals surface area (Å²) in [6, 6.07) is 7.31. The van der Waals surface area contributed by atoms with Gasteiger partial charge < -0.3 is 14.2 Å². The van der Waals surface area contributed by atoms with Crippen LogP contribution in [0.15, 0.2) is 30.3 Å². The fourth-order valence-corrected chi connectivity index (χ4v) is 6.14. The van der Waals surface area contributed by atoms with Crippen molar-refractivity contribution in [3.05, 3.63) is 68.3 Å². The number of aryl methyl sites for hydroxylation is 2. The topological polar surface area (TPSA) is 51.5 Å². The van der Waals surface area contributed by atoms with Gasteiger partial charge in [0, 0.05) is 48.2 Å². The van der Waals surface area contributed by atoms with Crippen LogP contribution in [0.2, 0.25) is 10.0 Å². The number of esters is 1. The first-order chi connectivity index (χ1) is 17.4. The zero-order valence-electron chi connectivity index (χ0n) is 20.5. The molecule has 37 heavy (non-hydrogen) atoms. The molecule has 1 aromatic heterocycles. The van der Waals surface area contributed by atoms with E-state index in [1.165, 1.54) is 0 Å². The Kier molecular flexibility index (Phi) is 6.47. The van der Waals surface area contributed by atoms with Gasteiger partial charge >= 0.3 is 12.1 Å². The third-order valence-corrected chi connectivity index (χ3v) is 8.40. The van der Waals surface area contributed by atoms with Crippen LogP contribution in [-0.4, -0.2) is 41.0 Å². The number of rotatable bonds is 5. The molecular weight excluding hydrogens is 528 g/mol. The normalized spacial score (nSPS) is 20.9. The number of carbonyl (C=O) groups is 2. The van der Waals surface area contributed by atoms with Gasteiger partial charge in [-0.3, -0.25) is 9.59 Å². The lowest BCUT2D eigenvalue weighted by atomic mass is 10.0. The Morgan fingerprint density at radius 3 is 2.41 bits per heavy atom. The average molecular weight is 553 g/mol.